The van der Waals surface area contributed by atoms with Crippen molar-refractivity contribution in [2.75, 3.05) is 13.2 Å². The Morgan fingerprint density at radius 3 is 2.70 bits per heavy atom. The van der Waals surface area contributed by atoms with Gasteiger partial charge in [-0.3, -0.25) is 0 Å². The van der Waals surface area contributed by atoms with Crippen LogP contribution in [-0.4, -0.2) is 33.7 Å². The fourth-order valence-corrected chi connectivity index (χ4v) is 4.06. The predicted molar refractivity (Wildman–Crippen MR) is 76.8 cm³/mol. The summed E-state index contributed by atoms with van der Waals surface area (Å²) in [5, 5.41) is 0.0568. The summed E-state index contributed by atoms with van der Waals surface area (Å²) in [6.07, 6.45) is 0.275. The molecule has 1 aliphatic heterocycles. The van der Waals surface area contributed by atoms with Crippen molar-refractivity contribution in [3.8, 4) is 0 Å². The van der Waals surface area contributed by atoms with E-state index >= 15 is 0 Å². The third kappa shape index (κ3) is 3.65. The Balaban J connectivity index is 2.32. The van der Waals surface area contributed by atoms with Crippen molar-refractivity contribution in [2.45, 2.75) is 17.4 Å². The Kier molecular flexibility index (Phi) is 4.96. The lowest BCUT2D eigenvalue weighted by atomic mass is 10.2. The SMILES string of the molecule is O=C(OC1CCOC1)c1cc(Cl)c(Br)c(S(=O)(=O)Cl)c1. The molecule has 1 saturated heterocycles. The van der Waals surface area contributed by atoms with Crippen LogP contribution in [0.5, 0.6) is 0 Å². The molecule has 1 aromatic carbocycles. The highest BCUT2D eigenvalue weighted by Crippen LogP contribution is 2.33. The van der Waals surface area contributed by atoms with Gasteiger partial charge in [0, 0.05) is 17.1 Å². The molecule has 1 fully saturated rings. The van der Waals surface area contributed by atoms with Crippen molar-refractivity contribution in [3.05, 3.63) is 27.2 Å². The Hall–Kier alpha value is -0.340. The average molecular weight is 404 g/mol. The molecule has 9 heteroatoms. The molecular weight excluding hydrogens is 395 g/mol. The molecule has 5 nitrogen and oxygen atoms in total. The lowest BCUT2D eigenvalue weighted by molar-refractivity contribution is 0.0270. The van der Waals surface area contributed by atoms with E-state index in [1.54, 1.807) is 0 Å². The lowest BCUT2D eigenvalue weighted by Crippen LogP contribution is -2.18. The Morgan fingerprint density at radius 2 is 2.15 bits per heavy atom. The van der Waals surface area contributed by atoms with Crippen LogP contribution in [0.15, 0.2) is 21.5 Å². The molecule has 0 saturated carbocycles. The van der Waals surface area contributed by atoms with Gasteiger partial charge in [-0.05, 0) is 28.1 Å². The van der Waals surface area contributed by atoms with Crippen LogP contribution in [0.1, 0.15) is 16.8 Å². The van der Waals surface area contributed by atoms with Crippen LogP contribution in [0.25, 0.3) is 0 Å². The maximum Gasteiger partial charge on any atom is 0.338 e. The van der Waals surface area contributed by atoms with Gasteiger partial charge in [0.25, 0.3) is 9.05 Å². The number of carbonyl (C=O) groups excluding carboxylic acids is 1. The summed E-state index contributed by atoms with van der Waals surface area (Å²) in [4.78, 5) is 11.7. The van der Waals surface area contributed by atoms with E-state index in [-0.39, 0.29) is 26.1 Å². The number of halogens is 3. The van der Waals surface area contributed by atoms with Crippen LogP contribution in [0.4, 0.5) is 0 Å². The molecule has 20 heavy (non-hydrogen) atoms. The van der Waals surface area contributed by atoms with Crippen LogP contribution in [0.2, 0.25) is 5.02 Å². The van der Waals surface area contributed by atoms with Gasteiger partial charge in [-0.25, -0.2) is 13.2 Å². The Morgan fingerprint density at radius 1 is 1.45 bits per heavy atom. The van der Waals surface area contributed by atoms with Gasteiger partial charge in [-0.1, -0.05) is 11.6 Å². The van der Waals surface area contributed by atoms with Crippen molar-refractivity contribution in [1.29, 1.82) is 0 Å². The smallest absolute Gasteiger partial charge is 0.338 e. The van der Waals surface area contributed by atoms with Crippen molar-refractivity contribution < 1.29 is 22.7 Å². The Bertz CT molecular complexity index is 640. The second-order valence-electron chi connectivity index (χ2n) is 4.10. The summed E-state index contributed by atoms with van der Waals surface area (Å²) in [5.74, 6) is -0.670. The van der Waals surface area contributed by atoms with Crippen molar-refractivity contribution in [1.82, 2.24) is 0 Å². The van der Waals surface area contributed by atoms with E-state index in [0.717, 1.165) is 6.07 Å². The number of hydrogen-bond donors (Lipinski definition) is 0. The molecule has 0 amide bonds. The van der Waals surface area contributed by atoms with Crippen LogP contribution in [0, 0.1) is 0 Å². The lowest BCUT2D eigenvalue weighted by Gasteiger charge is -2.11. The van der Waals surface area contributed by atoms with Crippen LogP contribution < -0.4 is 0 Å². The van der Waals surface area contributed by atoms with Gasteiger partial charge in [0.2, 0.25) is 0 Å². The minimum absolute atomic E-state index is 0.0179. The number of ether oxygens (including phenoxy) is 2. The highest BCUT2D eigenvalue weighted by Gasteiger charge is 2.24. The second kappa shape index (κ2) is 6.19. The zero-order valence-corrected chi connectivity index (χ0v) is 13.9. The summed E-state index contributed by atoms with van der Waals surface area (Å²) >= 11 is 8.90. The first kappa shape index (κ1) is 16.0. The summed E-state index contributed by atoms with van der Waals surface area (Å²) in [6, 6.07) is 2.44. The number of esters is 1. The van der Waals surface area contributed by atoms with Gasteiger partial charge in [-0.15, -0.1) is 0 Å². The normalized spacial score (nSPS) is 19.1. The van der Waals surface area contributed by atoms with E-state index in [1.807, 2.05) is 0 Å². The van der Waals surface area contributed by atoms with Gasteiger partial charge in [-0.2, -0.15) is 0 Å². The number of carbonyl (C=O) groups is 1. The third-order valence-corrected chi connectivity index (χ3v) is 5.64. The average Bonchev–Trinajstić information content (AvgIpc) is 2.83. The molecule has 0 aromatic heterocycles. The molecule has 0 bridgehead atoms. The molecule has 0 radical (unpaired) electrons. The molecule has 0 aliphatic carbocycles. The molecule has 1 heterocycles. The molecule has 1 aliphatic rings. The van der Waals surface area contributed by atoms with Crippen molar-refractivity contribution >= 4 is 53.2 Å². The molecular formula is C11H9BrCl2O5S. The van der Waals surface area contributed by atoms with Gasteiger partial charge >= 0.3 is 5.97 Å². The first-order valence-electron chi connectivity index (χ1n) is 5.51. The second-order valence-corrected chi connectivity index (χ2v) is 7.83. The van der Waals surface area contributed by atoms with Gasteiger partial charge < -0.3 is 9.47 Å². The summed E-state index contributed by atoms with van der Waals surface area (Å²) in [7, 11) is 1.26. The molecule has 110 valence electrons. The topological polar surface area (TPSA) is 69.7 Å². The maximum atomic E-state index is 12.0. The fraction of sp³-hybridized carbons (Fsp3) is 0.364. The zero-order chi connectivity index (χ0) is 14.9. The number of hydrogen-bond acceptors (Lipinski definition) is 5. The third-order valence-electron chi connectivity index (χ3n) is 2.65. The van der Waals surface area contributed by atoms with Gasteiger partial charge in [0.1, 0.15) is 6.10 Å². The summed E-state index contributed by atoms with van der Waals surface area (Å²) < 4.78 is 33.2. The standard InChI is InChI=1S/C11H9BrCl2O5S/c12-10-8(13)3-6(4-9(10)20(14,16)17)11(15)19-7-1-2-18-5-7/h3-4,7H,1-2,5H2. The zero-order valence-electron chi connectivity index (χ0n) is 9.94. The van der Waals surface area contributed by atoms with E-state index in [4.69, 9.17) is 31.8 Å². The van der Waals surface area contributed by atoms with Gasteiger partial charge in [0.15, 0.2) is 0 Å². The van der Waals surface area contributed by atoms with E-state index in [1.165, 1.54) is 6.07 Å². The molecule has 1 unspecified atom stereocenters. The molecule has 1 atom stereocenters. The van der Waals surface area contributed by atoms with E-state index in [9.17, 15) is 13.2 Å². The monoisotopic (exact) mass is 402 g/mol. The largest absolute Gasteiger partial charge is 0.456 e. The first-order valence-corrected chi connectivity index (χ1v) is 8.99. The minimum atomic E-state index is -4.03. The van der Waals surface area contributed by atoms with Crippen molar-refractivity contribution in [2.24, 2.45) is 0 Å². The Labute approximate surface area is 133 Å². The molecule has 1 aromatic rings. The van der Waals surface area contributed by atoms with Gasteiger partial charge in [0.05, 0.1) is 33.2 Å². The highest BCUT2D eigenvalue weighted by atomic mass is 79.9. The fourth-order valence-electron chi connectivity index (χ4n) is 1.68. The van der Waals surface area contributed by atoms with E-state index < -0.39 is 15.0 Å². The quantitative estimate of drug-likeness (QED) is 0.573. The molecule has 2 rings (SSSR count). The molecule has 0 N–H and O–H groups in total. The first-order chi connectivity index (χ1) is 9.29. The van der Waals surface area contributed by atoms with E-state index in [2.05, 4.69) is 15.9 Å². The number of rotatable bonds is 3. The number of benzene rings is 1. The summed E-state index contributed by atoms with van der Waals surface area (Å²) in [6.45, 7) is 0.858. The maximum absolute atomic E-state index is 12.0. The van der Waals surface area contributed by atoms with E-state index in [0.29, 0.717) is 19.6 Å². The van der Waals surface area contributed by atoms with Crippen LogP contribution >= 0.6 is 38.2 Å². The molecule has 0 spiro atoms. The van der Waals surface area contributed by atoms with Crippen LogP contribution in [0.3, 0.4) is 0 Å². The summed E-state index contributed by atoms with van der Waals surface area (Å²) in [5.41, 5.74) is 0.0179. The minimum Gasteiger partial charge on any atom is -0.456 e. The van der Waals surface area contributed by atoms with Crippen molar-refractivity contribution in [3.63, 3.8) is 0 Å². The predicted octanol–water partition coefficient (Wildman–Crippen LogP) is 2.98. The van der Waals surface area contributed by atoms with Crippen LogP contribution in [-0.2, 0) is 18.5 Å². The highest BCUT2D eigenvalue weighted by molar-refractivity contribution is 9.10.